The van der Waals surface area contributed by atoms with Crippen molar-refractivity contribution in [3.8, 4) is 0 Å². The van der Waals surface area contributed by atoms with Crippen LogP contribution in [0.4, 0.5) is 0 Å². The molecule has 0 spiro atoms. The molecule has 1 fully saturated rings. The van der Waals surface area contributed by atoms with Crippen LogP contribution < -0.4 is 0 Å². The van der Waals surface area contributed by atoms with Gasteiger partial charge in [-0.25, -0.2) is 0 Å². The maximum Gasteiger partial charge on any atom is 0.307 e. The molecule has 1 aliphatic carbocycles. The first-order valence-electron chi connectivity index (χ1n) is 5.49. The lowest BCUT2D eigenvalue weighted by Crippen LogP contribution is -2.34. The molecule has 0 radical (unpaired) electrons. The van der Waals surface area contributed by atoms with Gasteiger partial charge in [-0.05, 0) is 30.9 Å². The molecule has 2 aliphatic rings. The van der Waals surface area contributed by atoms with Gasteiger partial charge in [-0.2, -0.15) is 0 Å². The summed E-state index contributed by atoms with van der Waals surface area (Å²) in [5.41, 5.74) is 2.46. The number of rotatable bonds is 0. The quantitative estimate of drug-likeness (QED) is 0.604. The number of ether oxygens (including phenoxy) is 1. The fourth-order valence-electron chi connectivity index (χ4n) is 2.90. The monoisotopic (exact) mass is 202 g/mol. The van der Waals surface area contributed by atoms with Crippen LogP contribution in [0.5, 0.6) is 0 Å². The first-order valence-corrected chi connectivity index (χ1v) is 5.49. The number of carbonyl (C=O) groups is 1. The maximum atomic E-state index is 11.4. The van der Waals surface area contributed by atoms with E-state index in [4.69, 9.17) is 4.74 Å². The Morgan fingerprint density at radius 2 is 2.20 bits per heavy atom. The number of carbonyl (C=O) groups excluding carboxylic acids is 1. The van der Waals surface area contributed by atoms with Crippen molar-refractivity contribution < 1.29 is 9.53 Å². The van der Waals surface area contributed by atoms with Gasteiger partial charge >= 0.3 is 5.97 Å². The maximum absolute atomic E-state index is 11.4. The molecule has 0 amide bonds. The number of esters is 1. The van der Waals surface area contributed by atoms with Crippen LogP contribution >= 0.6 is 0 Å². The largest absolute Gasteiger partial charge is 0.459 e. The van der Waals surface area contributed by atoms with Gasteiger partial charge < -0.3 is 4.74 Å². The van der Waals surface area contributed by atoms with E-state index in [2.05, 4.69) is 25.1 Å². The van der Waals surface area contributed by atoms with Crippen molar-refractivity contribution in [3.63, 3.8) is 0 Å². The van der Waals surface area contributed by atoms with Crippen LogP contribution in [-0.4, -0.2) is 11.6 Å². The first kappa shape index (κ1) is 8.96. The van der Waals surface area contributed by atoms with Gasteiger partial charge in [0.05, 0.1) is 6.42 Å². The van der Waals surface area contributed by atoms with Crippen LogP contribution in [0.15, 0.2) is 24.3 Å². The number of benzene rings is 1. The summed E-state index contributed by atoms with van der Waals surface area (Å²) in [4.78, 5) is 11.4. The first-order chi connectivity index (χ1) is 7.19. The minimum Gasteiger partial charge on any atom is -0.459 e. The lowest BCUT2D eigenvalue weighted by Gasteiger charge is -2.35. The number of fused-ring (bicyclic) bond motifs is 3. The van der Waals surface area contributed by atoms with Gasteiger partial charge in [-0.1, -0.05) is 24.3 Å². The van der Waals surface area contributed by atoms with Crippen LogP contribution in [0.3, 0.4) is 0 Å². The highest BCUT2D eigenvalue weighted by atomic mass is 16.6. The molecule has 3 rings (SSSR count). The Morgan fingerprint density at radius 1 is 1.40 bits per heavy atom. The Bertz CT molecular complexity index is 424. The third-order valence-electron chi connectivity index (χ3n) is 3.78. The molecule has 2 atom stereocenters. The average Bonchev–Trinajstić information content (AvgIpc) is 2.53. The van der Waals surface area contributed by atoms with Gasteiger partial charge in [-0.15, -0.1) is 0 Å². The van der Waals surface area contributed by atoms with E-state index in [1.165, 1.54) is 11.1 Å². The predicted octanol–water partition coefficient (Wildman–Crippen LogP) is 2.42. The SMILES string of the molecule is CC12CCc3ccccc3C1CC(=O)O2. The Balaban J connectivity index is 2.11. The predicted molar refractivity (Wildman–Crippen MR) is 56.6 cm³/mol. The Labute approximate surface area is 89.2 Å². The molecule has 78 valence electrons. The van der Waals surface area contributed by atoms with E-state index in [1.807, 2.05) is 6.07 Å². The average molecular weight is 202 g/mol. The highest BCUT2D eigenvalue weighted by Gasteiger charge is 2.48. The minimum atomic E-state index is -0.245. The summed E-state index contributed by atoms with van der Waals surface area (Å²) in [7, 11) is 0. The van der Waals surface area contributed by atoms with E-state index in [-0.39, 0.29) is 17.5 Å². The van der Waals surface area contributed by atoms with E-state index >= 15 is 0 Å². The van der Waals surface area contributed by atoms with Gasteiger partial charge in [0.15, 0.2) is 0 Å². The molecular formula is C13H14O2. The van der Waals surface area contributed by atoms with Crippen molar-refractivity contribution in [3.05, 3.63) is 35.4 Å². The standard InChI is InChI=1S/C13H14O2/c1-13-7-6-9-4-2-3-5-10(9)11(13)8-12(14)15-13/h2-5,11H,6-8H2,1H3. The fraction of sp³-hybridized carbons (Fsp3) is 0.462. The Kier molecular flexibility index (Phi) is 1.70. The minimum absolute atomic E-state index is 0.0424. The van der Waals surface area contributed by atoms with Gasteiger partial charge in [0.25, 0.3) is 0 Å². The molecule has 0 bridgehead atoms. The number of hydrogen-bond donors (Lipinski definition) is 0. The summed E-state index contributed by atoms with van der Waals surface area (Å²) in [5.74, 6) is 0.231. The molecule has 2 nitrogen and oxygen atoms in total. The molecule has 1 aromatic rings. The van der Waals surface area contributed by atoms with Gasteiger partial charge in [0.1, 0.15) is 5.60 Å². The molecule has 1 aliphatic heterocycles. The van der Waals surface area contributed by atoms with Crippen LogP contribution in [0, 0.1) is 0 Å². The van der Waals surface area contributed by atoms with Crippen LogP contribution in [-0.2, 0) is 16.0 Å². The summed E-state index contributed by atoms with van der Waals surface area (Å²) in [6.45, 7) is 2.07. The molecule has 0 aromatic heterocycles. The molecule has 2 heteroatoms. The van der Waals surface area contributed by atoms with Crippen molar-refractivity contribution in [2.24, 2.45) is 0 Å². The molecule has 1 aromatic carbocycles. The second-order valence-corrected chi connectivity index (χ2v) is 4.74. The van der Waals surface area contributed by atoms with Crippen molar-refractivity contribution in [1.82, 2.24) is 0 Å². The van der Waals surface area contributed by atoms with Crippen LogP contribution in [0.25, 0.3) is 0 Å². The molecule has 0 saturated carbocycles. The van der Waals surface area contributed by atoms with E-state index in [1.54, 1.807) is 0 Å². The zero-order chi connectivity index (χ0) is 10.5. The second-order valence-electron chi connectivity index (χ2n) is 4.74. The van der Waals surface area contributed by atoms with E-state index in [0.717, 1.165) is 12.8 Å². The summed E-state index contributed by atoms with van der Waals surface area (Å²) in [5, 5.41) is 0. The molecule has 1 heterocycles. The van der Waals surface area contributed by atoms with E-state index in [9.17, 15) is 4.79 Å². The summed E-state index contributed by atoms with van der Waals surface area (Å²) in [6, 6.07) is 8.42. The second kappa shape index (κ2) is 2.84. The normalized spacial score (nSPS) is 33.1. The smallest absolute Gasteiger partial charge is 0.307 e. The van der Waals surface area contributed by atoms with Gasteiger partial charge in [0.2, 0.25) is 0 Å². The lowest BCUT2D eigenvalue weighted by molar-refractivity contribution is -0.148. The third-order valence-corrected chi connectivity index (χ3v) is 3.78. The van der Waals surface area contributed by atoms with Crippen molar-refractivity contribution in [1.29, 1.82) is 0 Å². The van der Waals surface area contributed by atoms with E-state index < -0.39 is 0 Å². The highest BCUT2D eigenvalue weighted by Crippen LogP contribution is 2.47. The van der Waals surface area contributed by atoms with Gasteiger partial charge in [-0.3, -0.25) is 4.79 Å². The zero-order valence-electron chi connectivity index (χ0n) is 8.82. The molecular weight excluding hydrogens is 188 g/mol. The van der Waals surface area contributed by atoms with Crippen LogP contribution in [0.2, 0.25) is 0 Å². The number of hydrogen-bond acceptors (Lipinski definition) is 2. The fourth-order valence-corrected chi connectivity index (χ4v) is 2.90. The third kappa shape index (κ3) is 1.21. The molecule has 1 saturated heterocycles. The number of aryl methyl sites for hydroxylation is 1. The highest BCUT2D eigenvalue weighted by molar-refractivity contribution is 5.75. The summed E-state index contributed by atoms with van der Waals surface area (Å²) in [6.07, 6.45) is 2.53. The van der Waals surface area contributed by atoms with Crippen molar-refractivity contribution in [2.45, 2.75) is 37.7 Å². The van der Waals surface area contributed by atoms with Gasteiger partial charge in [0, 0.05) is 5.92 Å². The molecule has 2 unspecified atom stereocenters. The zero-order valence-corrected chi connectivity index (χ0v) is 8.82. The van der Waals surface area contributed by atoms with Crippen molar-refractivity contribution in [2.75, 3.05) is 0 Å². The Hall–Kier alpha value is -1.31. The summed E-state index contributed by atoms with van der Waals surface area (Å²) < 4.78 is 5.47. The van der Waals surface area contributed by atoms with Crippen molar-refractivity contribution >= 4 is 5.97 Å². The summed E-state index contributed by atoms with van der Waals surface area (Å²) >= 11 is 0. The molecule has 0 N–H and O–H groups in total. The van der Waals surface area contributed by atoms with Crippen LogP contribution in [0.1, 0.15) is 36.8 Å². The Morgan fingerprint density at radius 3 is 3.07 bits per heavy atom. The topological polar surface area (TPSA) is 26.3 Å². The molecule has 15 heavy (non-hydrogen) atoms. The van der Waals surface area contributed by atoms with E-state index in [0.29, 0.717) is 6.42 Å². The lowest BCUT2D eigenvalue weighted by atomic mass is 9.73.